The molecule has 3 aliphatic carbocycles. The van der Waals surface area contributed by atoms with Gasteiger partial charge in [0.15, 0.2) is 5.12 Å². The van der Waals surface area contributed by atoms with Crippen LogP contribution in [-0.2, 0) is 14.3 Å². The summed E-state index contributed by atoms with van der Waals surface area (Å²) in [5, 5.41) is 0.269. The second-order valence-electron chi connectivity index (χ2n) is 4.30. The van der Waals surface area contributed by atoms with Gasteiger partial charge in [0.1, 0.15) is 0 Å². The second kappa shape index (κ2) is 2.99. The Morgan fingerprint density at radius 2 is 1.86 bits per heavy atom. The highest BCUT2D eigenvalue weighted by atomic mass is 32.2. The third-order valence-electron chi connectivity index (χ3n) is 3.36. The Labute approximate surface area is 87.6 Å². The van der Waals surface area contributed by atoms with Gasteiger partial charge in [-0.15, -0.1) is 0 Å². The number of hydrogen-bond donors (Lipinski definition) is 0. The first-order chi connectivity index (χ1) is 6.58. The molecular formula is C10H14O3S. The first-order valence-electron chi connectivity index (χ1n) is 4.84. The molecule has 0 heterocycles. The summed E-state index contributed by atoms with van der Waals surface area (Å²) < 4.78 is 4.72. The molecule has 0 aromatic carbocycles. The van der Waals surface area contributed by atoms with Crippen LogP contribution in [0.1, 0.15) is 26.2 Å². The standard InChI is InChI=1S/C10H14O3S/c1-3-14-8(12)10-4-9(5-10,6-10)7(11)13-2/h3-6H2,1-2H3. The summed E-state index contributed by atoms with van der Waals surface area (Å²) in [6.07, 6.45) is 2.16. The summed E-state index contributed by atoms with van der Waals surface area (Å²) >= 11 is 1.38. The normalized spacial score (nSPS) is 38.1. The molecule has 0 N–H and O–H groups in total. The maximum atomic E-state index is 11.6. The smallest absolute Gasteiger partial charge is 0.311 e. The van der Waals surface area contributed by atoms with Crippen LogP contribution >= 0.6 is 11.8 Å². The summed E-state index contributed by atoms with van der Waals surface area (Å²) in [6.45, 7) is 1.98. The molecule has 4 heteroatoms. The molecule has 0 spiro atoms. The lowest BCUT2D eigenvalue weighted by molar-refractivity contribution is -0.217. The maximum absolute atomic E-state index is 11.6. The van der Waals surface area contributed by atoms with Crippen LogP contribution in [0, 0.1) is 10.8 Å². The molecule has 0 saturated heterocycles. The number of esters is 1. The van der Waals surface area contributed by atoms with Crippen molar-refractivity contribution in [2.45, 2.75) is 26.2 Å². The average Bonchev–Trinajstić information content (AvgIpc) is 1.99. The Balaban J connectivity index is 1.94. The van der Waals surface area contributed by atoms with E-state index < -0.39 is 0 Å². The van der Waals surface area contributed by atoms with Crippen LogP contribution in [0.15, 0.2) is 0 Å². The van der Waals surface area contributed by atoms with Crippen LogP contribution in [0.2, 0.25) is 0 Å². The fourth-order valence-electron chi connectivity index (χ4n) is 2.72. The number of carbonyl (C=O) groups is 2. The van der Waals surface area contributed by atoms with Gasteiger partial charge in [-0.1, -0.05) is 18.7 Å². The van der Waals surface area contributed by atoms with E-state index in [-0.39, 0.29) is 21.9 Å². The lowest BCUT2D eigenvalue weighted by Crippen LogP contribution is -2.68. The van der Waals surface area contributed by atoms with Crippen molar-refractivity contribution in [2.24, 2.45) is 10.8 Å². The number of carbonyl (C=O) groups excluding carboxylic acids is 2. The van der Waals surface area contributed by atoms with Crippen molar-refractivity contribution in [3.63, 3.8) is 0 Å². The molecule has 0 aliphatic heterocycles. The zero-order valence-electron chi connectivity index (χ0n) is 8.46. The summed E-state index contributed by atoms with van der Waals surface area (Å²) in [7, 11) is 1.41. The number of rotatable bonds is 3. The molecule has 2 bridgehead atoms. The van der Waals surface area contributed by atoms with Crippen LogP contribution in [0.25, 0.3) is 0 Å². The van der Waals surface area contributed by atoms with E-state index >= 15 is 0 Å². The molecule has 3 nitrogen and oxygen atoms in total. The molecule has 0 unspecified atom stereocenters. The highest BCUT2D eigenvalue weighted by molar-refractivity contribution is 8.13. The van der Waals surface area contributed by atoms with E-state index in [1.807, 2.05) is 6.92 Å². The predicted octanol–water partition coefficient (Wildman–Crippen LogP) is 1.61. The SMILES string of the molecule is CCSC(=O)C12CC(C(=O)OC)(C1)C2. The van der Waals surface area contributed by atoms with Crippen molar-refractivity contribution < 1.29 is 14.3 Å². The molecule has 78 valence electrons. The Morgan fingerprint density at radius 1 is 1.29 bits per heavy atom. The first kappa shape index (κ1) is 10.0. The molecule has 0 atom stereocenters. The lowest BCUT2D eigenvalue weighted by atomic mass is 9.35. The van der Waals surface area contributed by atoms with E-state index in [4.69, 9.17) is 4.74 Å². The topological polar surface area (TPSA) is 43.4 Å². The van der Waals surface area contributed by atoms with Crippen LogP contribution in [-0.4, -0.2) is 23.9 Å². The molecule has 3 aliphatic rings. The van der Waals surface area contributed by atoms with Crippen molar-refractivity contribution in [1.82, 2.24) is 0 Å². The highest BCUT2D eigenvalue weighted by Crippen LogP contribution is 2.74. The van der Waals surface area contributed by atoms with Gasteiger partial charge in [0.05, 0.1) is 12.5 Å². The minimum absolute atomic E-state index is 0.131. The minimum Gasteiger partial charge on any atom is -0.469 e. The third kappa shape index (κ3) is 1.06. The molecule has 0 aromatic rings. The Kier molecular flexibility index (Phi) is 2.14. The minimum atomic E-state index is -0.279. The zero-order valence-corrected chi connectivity index (χ0v) is 9.28. The quantitative estimate of drug-likeness (QED) is 0.669. The number of thioether (sulfide) groups is 1. The summed E-state index contributed by atoms with van der Waals surface area (Å²) in [6, 6.07) is 0. The van der Waals surface area contributed by atoms with Crippen molar-refractivity contribution in [3.05, 3.63) is 0 Å². The molecule has 0 aromatic heterocycles. The van der Waals surface area contributed by atoms with Gasteiger partial charge in [0, 0.05) is 5.41 Å². The predicted molar refractivity (Wildman–Crippen MR) is 53.9 cm³/mol. The Morgan fingerprint density at radius 3 is 2.29 bits per heavy atom. The van der Waals surface area contributed by atoms with Crippen molar-refractivity contribution >= 4 is 22.8 Å². The molecule has 3 rings (SSSR count). The summed E-state index contributed by atoms with van der Waals surface area (Å²) in [5.41, 5.74) is -0.437. The van der Waals surface area contributed by atoms with Gasteiger partial charge in [-0.25, -0.2) is 0 Å². The van der Waals surface area contributed by atoms with Crippen molar-refractivity contribution in [3.8, 4) is 0 Å². The van der Waals surface area contributed by atoms with Crippen LogP contribution < -0.4 is 0 Å². The third-order valence-corrected chi connectivity index (χ3v) is 4.34. The molecular weight excluding hydrogens is 200 g/mol. The van der Waals surface area contributed by atoms with Gasteiger partial charge < -0.3 is 4.74 Å². The molecule has 14 heavy (non-hydrogen) atoms. The number of hydrogen-bond acceptors (Lipinski definition) is 4. The van der Waals surface area contributed by atoms with Crippen molar-refractivity contribution in [1.29, 1.82) is 0 Å². The van der Waals surface area contributed by atoms with Gasteiger partial charge in [-0.05, 0) is 25.0 Å². The van der Waals surface area contributed by atoms with Gasteiger partial charge in [0.25, 0.3) is 0 Å². The fourth-order valence-corrected chi connectivity index (χ4v) is 3.51. The van der Waals surface area contributed by atoms with E-state index in [2.05, 4.69) is 0 Å². The largest absolute Gasteiger partial charge is 0.469 e. The lowest BCUT2D eigenvalue weighted by Gasteiger charge is -2.66. The number of ether oxygens (including phenoxy) is 1. The van der Waals surface area contributed by atoms with E-state index in [0.29, 0.717) is 0 Å². The average molecular weight is 214 g/mol. The van der Waals surface area contributed by atoms with E-state index in [1.165, 1.54) is 18.9 Å². The Hall–Kier alpha value is -0.510. The van der Waals surface area contributed by atoms with Crippen molar-refractivity contribution in [2.75, 3.05) is 12.9 Å². The monoisotopic (exact) mass is 214 g/mol. The van der Waals surface area contributed by atoms with E-state index in [0.717, 1.165) is 25.0 Å². The van der Waals surface area contributed by atoms with Gasteiger partial charge >= 0.3 is 5.97 Å². The van der Waals surface area contributed by atoms with E-state index in [9.17, 15) is 9.59 Å². The molecule has 0 amide bonds. The van der Waals surface area contributed by atoms with Gasteiger partial charge in [-0.2, -0.15) is 0 Å². The van der Waals surface area contributed by atoms with Crippen LogP contribution in [0.3, 0.4) is 0 Å². The molecule has 0 radical (unpaired) electrons. The first-order valence-corrected chi connectivity index (χ1v) is 5.83. The Bertz CT molecular complexity index is 278. The number of methoxy groups -OCH3 is 1. The fraction of sp³-hybridized carbons (Fsp3) is 0.800. The highest BCUT2D eigenvalue weighted by Gasteiger charge is 2.75. The maximum Gasteiger partial charge on any atom is 0.311 e. The van der Waals surface area contributed by atoms with Gasteiger partial charge in [0.2, 0.25) is 0 Å². The zero-order chi connectivity index (χ0) is 10.4. The van der Waals surface area contributed by atoms with Crippen LogP contribution in [0.4, 0.5) is 0 Å². The summed E-state index contributed by atoms with van der Waals surface area (Å²) in [5.74, 6) is 0.694. The summed E-state index contributed by atoms with van der Waals surface area (Å²) in [4.78, 5) is 23.0. The van der Waals surface area contributed by atoms with E-state index in [1.54, 1.807) is 0 Å². The van der Waals surface area contributed by atoms with Gasteiger partial charge in [-0.3, -0.25) is 9.59 Å². The second-order valence-corrected chi connectivity index (χ2v) is 5.54. The molecule has 3 saturated carbocycles. The molecule has 3 fully saturated rings. The van der Waals surface area contributed by atoms with Crippen LogP contribution in [0.5, 0.6) is 0 Å².